The van der Waals surface area contributed by atoms with Crippen LogP contribution in [0.1, 0.15) is 125 Å². The molecule has 5 heteroatoms. The Morgan fingerprint density at radius 2 is 1.15 bits per heavy atom. The topological polar surface area (TPSA) is 27.1 Å². The molecule has 9 aromatic rings. The van der Waals surface area contributed by atoms with Gasteiger partial charge in [0.1, 0.15) is 28.7 Å². The first kappa shape index (κ1) is 49.4. The quantitative estimate of drug-likeness (QED) is 0.106. The molecule has 2 bridgehead atoms. The molecule has 1 fully saturated rings. The van der Waals surface area contributed by atoms with Crippen molar-refractivity contribution in [3.05, 3.63) is 198 Å². The molecule has 0 radical (unpaired) electrons. The van der Waals surface area contributed by atoms with E-state index in [1.54, 1.807) is 0 Å². The Balaban J connectivity index is 1.00. The largest absolute Gasteiger partial charge is 0.457 e. The average molecular weight is 976 g/mol. The van der Waals surface area contributed by atoms with E-state index in [1.165, 1.54) is 83.6 Å². The van der Waals surface area contributed by atoms with E-state index in [9.17, 15) is 0 Å². The lowest BCUT2D eigenvalue weighted by Gasteiger charge is -2.56. The molecule has 3 aliphatic heterocycles. The van der Waals surface area contributed by atoms with E-state index in [0.717, 1.165) is 41.4 Å². The summed E-state index contributed by atoms with van der Waals surface area (Å²) in [6.45, 7) is 35.8. The molecule has 1 saturated heterocycles. The first-order chi connectivity index (χ1) is 34.9. The van der Waals surface area contributed by atoms with Gasteiger partial charge in [-0.25, -0.2) is 4.98 Å². The van der Waals surface area contributed by atoms with Crippen LogP contribution in [0, 0.1) is 12.6 Å². The minimum absolute atomic E-state index is 0.0193. The number of aromatic nitrogens is 2. The minimum Gasteiger partial charge on any atom is -0.457 e. The summed E-state index contributed by atoms with van der Waals surface area (Å²) in [5.41, 5.74) is 19.1. The van der Waals surface area contributed by atoms with Crippen molar-refractivity contribution < 1.29 is 4.74 Å². The van der Waals surface area contributed by atoms with E-state index in [4.69, 9.17) is 9.72 Å². The van der Waals surface area contributed by atoms with Gasteiger partial charge >= 0.3 is 0 Å². The van der Waals surface area contributed by atoms with Crippen molar-refractivity contribution in [1.82, 2.24) is 18.5 Å². The van der Waals surface area contributed by atoms with E-state index in [1.807, 2.05) is 0 Å². The summed E-state index contributed by atoms with van der Waals surface area (Å²) in [6.07, 6.45) is 3.04. The smallest absolute Gasteiger partial charge is 0.188 e. The van der Waals surface area contributed by atoms with E-state index in [0.29, 0.717) is 14.9 Å². The molecule has 12 rings (SSSR count). The Morgan fingerprint density at radius 1 is 0.514 bits per heavy atom. The van der Waals surface area contributed by atoms with Crippen molar-refractivity contribution in [1.29, 1.82) is 0 Å². The van der Waals surface area contributed by atoms with Gasteiger partial charge in [0, 0.05) is 58.4 Å². The Kier molecular flexibility index (Phi) is 11.6. The summed E-state index contributed by atoms with van der Waals surface area (Å²) in [5.74, 6) is 2.98. The molecule has 0 saturated carbocycles. The molecular formula is C69H75N4O+. The van der Waals surface area contributed by atoms with Crippen molar-refractivity contribution in [2.75, 3.05) is 6.67 Å². The SMILES string of the molecule is CC(C)Cc1cc(-n2c3ccccc3c3ccc(Oc4cccc([N@@+]56[CH-][N@@+](c7cc(C(C)(C)C)cc(C(C)(C)C)c7)(C5)c5c(-c7cccc(C(C)(C)C)c7)cccc56)c4)cc32)ncc1-c1ccc(C(C)(C)C)cc1. The number of hydrogen-bond acceptors (Lipinski definition) is 2. The molecule has 5 nitrogen and oxygen atoms in total. The zero-order valence-electron chi connectivity index (χ0n) is 46.4. The van der Waals surface area contributed by atoms with Gasteiger partial charge in [0.25, 0.3) is 0 Å². The number of nitrogens with zero attached hydrogens (tertiary/aromatic N) is 4. The Hall–Kier alpha value is -6.79. The fourth-order valence-electron chi connectivity index (χ4n) is 11.7. The third-order valence-corrected chi connectivity index (χ3v) is 15.9. The maximum Gasteiger partial charge on any atom is 0.188 e. The summed E-state index contributed by atoms with van der Waals surface area (Å²) in [6, 6.07) is 59.1. The summed E-state index contributed by atoms with van der Waals surface area (Å²) in [4.78, 5) is 5.25. The second-order valence-corrected chi connectivity index (χ2v) is 26.0. The number of pyridine rings is 1. The highest BCUT2D eigenvalue weighted by molar-refractivity contribution is 6.09. The normalized spacial score (nSPS) is 17.8. The number of ether oxygens (including phenoxy) is 1. The average Bonchev–Trinajstić information content (AvgIpc) is 4.04. The molecule has 0 amide bonds. The molecule has 2 atom stereocenters. The van der Waals surface area contributed by atoms with E-state index >= 15 is 0 Å². The highest BCUT2D eigenvalue weighted by Crippen LogP contribution is 2.68. The van der Waals surface area contributed by atoms with Gasteiger partial charge in [-0.2, -0.15) is 0 Å². The molecule has 3 aliphatic rings. The van der Waals surface area contributed by atoms with Gasteiger partial charge in [-0.3, -0.25) is 13.5 Å². The van der Waals surface area contributed by atoms with Gasteiger partial charge in [-0.05, 0) is 115 Å². The van der Waals surface area contributed by atoms with E-state index < -0.39 is 0 Å². The van der Waals surface area contributed by atoms with Crippen LogP contribution in [0.25, 0.3) is 49.9 Å². The fraction of sp³-hybridized carbons (Fsp3) is 0.304. The first-order valence-corrected chi connectivity index (χ1v) is 26.9. The Bertz CT molecular complexity index is 3600. The van der Waals surface area contributed by atoms with Gasteiger partial charge in [-0.15, -0.1) is 0 Å². The second-order valence-electron chi connectivity index (χ2n) is 26.0. The Labute approximate surface area is 441 Å². The molecule has 2 aromatic heterocycles. The third kappa shape index (κ3) is 8.47. The lowest BCUT2D eigenvalue weighted by molar-refractivity contribution is 0.187. The van der Waals surface area contributed by atoms with Crippen molar-refractivity contribution in [2.24, 2.45) is 5.92 Å². The zero-order valence-corrected chi connectivity index (χ0v) is 46.4. The van der Waals surface area contributed by atoms with Crippen molar-refractivity contribution in [2.45, 2.75) is 125 Å². The van der Waals surface area contributed by atoms with Crippen LogP contribution < -0.4 is 13.7 Å². The standard InChI is InChI=1S/C69H75N4O/c1-45(2)34-48-36-64(70-42-60(48)46-28-30-49(31-29-46)66(3,4)5)71-61-26-16-15-24-58(61)59-33-32-56(41-62(59)71)74-55-23-18-22-53(40-55)72-43-73(44-72,54-38-51(68(9,10)11)37-52(39-54)69(12,13)14)65-57(25-19-27-63(65)72)47-20-17-21-50(35-47)67(6,7)8/h15-33,35-43,45H,34,44H2,1-14H3/q+1/t72-,73+/m1/s1. The number of hydrogen-bond donors (Lipinski definition) is 0. The number of rotatable bonds is 9. The van der Waals surface area contributed by atoms with Crippen LogP contribution in [-0.4, -0.2) is 16.2 Å². The molecule has 74 heavy (non-hydrogen) atoms. The summed E-state index contributed by atoms with van der Waals surface area (Å²) >= 11 is 0. The van der Waals surface area contributed by atoms with Crippen molar-refractivity contribution >= 4 is 44.6 Å². The predicted molar refractivity (Wildman–Crippen MR) is 314 cm³/mol. The minimum atomic E-state index is -0.0193. The van der Waals surface area contributed by atoms with Gasteiger partial charge in [0.05, 0.1) is 17.7 Å². The number of para-hydroxylation sites is 2. The molecule has 5 heterocycles. The van der Waals surface area contributed by atoms with Gasteiger partial charge in [0.2, 0.25) is 0 Å². The van der Waals surface area contributed by atoms with E-state index in [2.05, 4.69) is 272 Å². The molecular weight excluding hydrogens is 901 g/mol. The third-order valence-electron chi connectivity index (χ3n) is 15.9. The van der Waals surface area contributed by atoms with E-state index in [-0.39, 0.29) is 21.7 Å². The number of fused-ring (bicyclic) bond motifs is 3. The zero-order chi connectivity index (χ0) is 52.3. The molecule has 7 aromatic carbocycles. The van der Waals surface area contributed by atoms with Crippen LogP contribution in [0.5, 0.6) is 11.5 Å². The van der Waals surface area contributed by atoms with Crippen molar-refractivity contribution in [3.8, 4) is 39.6 Å². The van der Waals surface area contributed by atoms with Crippen molar-refractivity contribution in [3.63, 3.8) is 0 Å². The maximum atomic E-state index is 7.00. The Morgan fingerprint density at radius 3 is 1.82 bits per heavy atom. The van der Waals surface area contributed by atoms with Crippen LogP contribution in [0.2, 0.25) is 0 Å². The lowest BCUT2D eigenvalue weighted by Crippen LogP contribution is -2.67. The van der Waals surface area contributed by atoms with Gasteiger partial charge in [-0.1, -0.05) is 182 Å². The highest BCUT2D eigenvalue weighted by Gasteiger charge is 2.64. The van der Waals surface area contributed by atoms with Crippen LogP contribution in [0.3, 0.4) is 0 Å². The van der Waals surface area contributed by atoms with Crippen LogP contribution in [0.15, 0.2) is 164 Å². The van der Waals surface area contributed by atoms with Crippen LogP contribution in [-0.2, 0) is 28.1 Å². The first-order valence-electron chi connectivity index (χ1n) is 26.9. The predicted octanol–water partition coefficient (Wildman–Crippen LogP) is 19.1. The molecule has 0 N–H and O–H groups in total. The van der Waals surface area contributed by atoms with Gasteiger partial charge < -0.3 is 4.74 Å². The number of quaternary nitrogens is 2. The molecule has 0 unspecified atom stereocenters. The second kappa shape index (κ2) is 17.4. The highest BCUT2D eigenvalue weighted by atomic mass is 16.5. The number of benzene rings is 7. The molecule has 0 spiro atoms. The maximum absolute atomic E-state index is 7.00. The monoisotopic (exact) mass is 976 g/mol. The summed E-state index contributed by atoms with van der Waals surface area (Å²) < 4.78 is 10.6. The van der Waals surface area contributed by atoms with Crippen LogP contribution in [0.4, 0.5) is 22.7 Å². The molecule has 0 aliphatic carbocycles. The summed E-state index contributed by atoms with van der Waals surface area (Å²) in [5, 5.41) is 2.36. The van der Waals surface area contributed by atoms with Gasteiger partial charge in [0.15, 0.2) is 18.0 Å². The fourth-order valence-corrected chi connectivity index (χ4v) is 11.7. The molecule has 376 valence electrons. The van der Waals surface area contributed by atoms with Crippen LogP contribution >= 0.6 is 0 Å². The summed E-state index contributed by atoms with van der Waals surface area (Å²) in [7, 11) is 0. The lowest BCUT2D eigenvalue weighted by atomic mass is 9.80.